The topological polar surface area (TPSA) is 69.7 Å². The summed E-state index contributed by atoms with van der Waals surface area (Å²) in [6.07, 6.45) is 8.73. The molecule has 0 N–H and O–H groups in total. The van der Waals surface area contributed by atoms with Gasteiger partial charge in [0.1, 0.15) is 6.61 Å². The van der Waals surface area contributed by atoms with E-state index in [1.807, 2.05) is 6.08 Å². The van der Waals surface area contributed by atoms with Crippen molar-refractivity contribution >= 4 is 17.5 Å². The summed E-state index contributed by atoms with van der Waals surface area (Å²) in [5.74, 6) is 1.64. The molecule has 1 heterocycles. The average Bonchev–Trinajstić information content (AvgIpc) is 3.14. The van der Waals surface area contributed by atoms with Crippen LogP contribution in [0.15, 0.2) is 11.6 Å². The average molecular weight is 386 g/mol. The Labute approximate surface area is 166 Å². The smallest absolute Gasteiger partial charge is 0.303 e. The van der Waals surface area contributed by atoms with Gasteiger partial charge in [-0.2, -0.15) is 0 Å². The van der Waals surface area contributed by atoms with Crippen molar-refractivity contribution in [1.29, 1.82) is 0 Å². The van der Waals surface area contributed by atoms with Crippen LogP contribution < -0.4 is 0 Å². The Hall–Kier alpha value is -1.49. The van der Waals surface area contributed by atoms with Crippen molar-refractivity contribution in [3.8, 4) is 0 Å². The van der Waals surface area contributed by atoms with Crippen LogP contribution in [0.2, 0.25) is 0 Å². The predicted molar refractivity (Wildman–Crippen MR) is 101 cm³/mol. The molecule has 5 heteroatoms. The predicted octanol–water partition coefficient (Wildman–Crippen LogP) is 3.26. The van der Waals surface area contributed by atoms with Crippen molar-refractivity contribution < 1.29 is 23.9 Å². The van der Waals surface area contributed by atoms with Crippen molar-refractivity contribution in [2.45, 2.75) is 64.9 Å². The first-order valence-corrected chi connectivity index (χ1v) is 10.9. The molecule has 0 aromatic rings. The Morgan fingerprint density at radius 3 is 2.82 bits per heavy atom. The lowest BCUT2D eigenvalue weighted by Gasteiger charge is -2.56. The van der Waals surface area contributed by atoms with Gasteiger partial charge in [-0.15, -0.1) is 0 Å². The molecule has 152 valence electrons. The fourth-order valence-electron chi connectivity index (χ4n) is 7.84. The summed E-state index contributed by atoms with van der Waals surface area (Å²) in [5.41, 5.74) is 1.36. The summed E-state index contributed by atoms with van der Waals surface area (Å²) >= 11 is 0. The van der Waals surface area contributed by atoms with Crippen LogP contribution in [-0.2, 0) is 23.9 Å². The molecule has 1 saturated heterocycles. The monoisotopic (exact) mass is 386 g/mol. The molecule has 5 rings (SSSR count). The fourth-order valence-corrected chi connectivity index (χ4v) is 7.84. The highest BCUT2D eigenvalue weighted by Gasteiger charge is 2.65. The van der Waals surface area contributed by atoms with Gasteiger partial charge in [-0.1, -0.05) is 6.92 Å². The van der Waals surface area contributed by atoms with Crippen LogP contribution in [-0.4, -0.2) is 36.9 Å². The maximum atomic E-state index is 12.8. The van der Waals surface area contributed by atoms with E-state index in [4.69, 9.17) is 9.47 Å². The summed E-state index contributed by atoms with van der Waals surface area (Å²) in [4.78, 5) is 36.0. The zero-order valence-corrected chi connectivity index (χ0v) is 16.9. The second-order valence-electron chi connectivity index (χ2n) is 10.1. The Kier molecular flexibility index (Phi) is 4.14. The molecule has 28 heavy (non-hydrogen) atoms. The lowest BCUT2D eigenvalue weighted by molar-refractivity contribution is -0.149. The van der Waals surface area contributed by atoms with Crippen molar-refractivity contribution in [3.05, 3.63) is 11.6 Å². The summed E-state index contributed by atoms with van der Waals surface area (Å²) in [6, 6.07) is 0. The van der Waals surface area contributed by atoms with Gasteiger partial charge in [-0.05, 0) is 73.3 Å². The molecule has 1 aliphatic heterocycles. The second kappa shape index (κ2) is 6.25. The number of fused-ring (bicyclic) bond motifs is 3. The minimum Gasteiger partial charge on any atom is -0.458 e. The number of carbonyl (C=O) groups is 3. The Morgan fingerprint density at radius 2 is 2.04 bits per heavy atom. The Bertz CT molecular complexity index is 769. The van der Waals surface area contributed by atoms with E-state index in [-0.39, 0.29) is 47.0 Å². The minimum atomic E-state index is -0.386. The third-order valence-corrected chi connectivity index (χ3v) is 9.04. The van der Waals surface area contributed by atoms with Gasteiger partial charge >= 0.3 is 5.97 Å². The van der Waals surface area contributed by atoms with Crippen molar-refractivity contribution in [2.75, 3.05) is 13.2 Å². The summed E-state index contributed by atoms with van der Waals surface area (Å²) in [7, 11) is 0. The molecule has 4 aliphatic carbocycles. The number of ether oxygens (including phenoxy) is 2. The molecular formula is C23H30O5. The lowest BCUT2D eigenvalue weighted by Crippen LogP contribution is -2.53. The number of esters is 1. The Morgan fingerprint density at radius 1 is 1.21 bits per heavy atom. The second-order valence-corrected chi connectivity index (χ2v) is 10.1. The molecular weight excluding hydrogens is 356 g/mol. The molecule has 0 aromatic carbocycles. The van der Waals surface area contributed by atoms with Crippen LogP contribution in [0.25, 0.3) is 0 Å². The van der Waals surface area contributed by atoms with Gasteiger partial charge in [0.2, 0.25) is 0 Å². The molecule has 2 bridgehead atoms. The van der Waals surface area contributed by atoms with Crippen LogP contribution in [0.5, 0.6) is 0 Å². The van der Waals surface area contributed by atoms with Crippen LogP contribution in [0.1, 0.15) is 58.8 Å². The molecule has 4 fully saturated rings. The van der Waals surface area contributed by atoms with Crippen LogP contribution in [0.3, 0.4) is 0 Å². The van der Waals surface area contributed by atoms with Crippen LogP contribution in [0, 0.1) is 34.5 Å². The third-order valence-electron chi connectivity index (χ3n) is 9.04. The number of hydrogen-bond donors (Lipinski definition) is 0. The highest BCUT2D eigenvalue weighted by Crippen LogP contribution is 2.68. The van der Waals surface area contributed by atoms with Gasteiger partial charge in [-0.25, -0.2) is 0 Å². The number of rotatable bonds is 3. The van der Waals surface area contributed by atoms with E-state index in [1.54, 1.807) is 0 Å². The molecule has 5 aliphatic rings. The van der Waals surface area contributed by atoms with Crippen LogP contribution in [0.4, 0.5) is 0 Å². The SMILES string of the molecule is CC(=O)OCC(=O)[C@H]1CCC2C3CC4OC[C@@]5(CCC(=O)C=C45)C3CC[C@@]21C. The third kappa shape index (κ3) is 2.44. The fraction of sp³-hybridized carbons (Fsp3) is 0.783. The molecule has 0 spiro atoms. The van der Waals surface area contributed by atoms with Gasteiger partial charge in [0, 0.05) is 24.7 Å². The zero-order chi connectivity index (χ0) is 19.7. The van der Waals surface area contributed by atoms with Crippen molar-refractivity contribution in [2.24, 2.45) is 34.5 Å². The largest absolute Gasteiger partial charge is 0.458 e. The zero-order valence-electron chi connectivity index (χ0n) is 16.9. The van der Waals surface area contributed by atoms with E-state index < -0.39 is 0 Å². The molecule has 3 saturated carbocycles. The highest BCUT2D eigenvalue weighted by atomic mass is 16.5. The van der Waals surface area contributed by atoms with Gasteiger partial charge in [0.15, 0.2) is 11.6 Å². The van der Waals surface area contributed by atoms with Gasteiger partial charge < -0.3 is 9.47 Å². The minimum absolute atomic E-state index is 0.000181. The van der Waals surface area contributed by atoms with Crippen molar-refractivity contribution in [1.82, 2.24) is 0 Å². The van der Waals surface area contributed by atoms with Crippen LogP contribution >= 0.6 is 0 Å². The normalized spacial score (nSPS) is 46.3. The molecule has 0 radical (unpaired) electrons. The molecule has 0 aromatic heterocycles. The van der Waals surface area contributed by atoms with Crippen molar-refractivity contribution in [3.63, 3.8) is 0 Å². The molecule has 4 unspecified atom stereocenters. The molecule has 0 amide bonds. The summed E-state index contributed by atoms with van der Waals surface area (Å²) < 4.78 is 11.3. The van der Waals surface area contributed by atoms with E-state index in [0.29, 0.717) is 24.2 Å². The summed E-state index contributed by atoms with van der Waals surface area (Å²) in [6.45, 7) is 4.35. The maximum absolute atomic E-state index is 12.8. The maximum Gasteiger partial charge on any atom is 0.303 e. The number of hydrogen-bond acceptors (Lipinski definition) is 5. The number of Topliss-reactive ketones (excluding diaryl/α,β-unsaturated/α-hetero) is 1. The lowest BCUT2D eigenvalue weighted by atomic mass is 9.46. The first kappa shape index (κ1) is 18.5. The van der Waals surface area contributed by atoms with Gasteiger partial charge in [0.05, 0.1) is 12.7 Å². The van der Waals surface area contributed by atoms with E-state index >= 15 is 0 Å². The quantitative estimate of drug-likeness (QED) is 0.697. The number of carbonyl (C=O) groups excluding carboxylic acids is 3. The first-order chi connectivity index (χ1) is 13.3. The Balaban J connectivity index is 1.41. The van der Waals surface area contributed by atoms with E-state index in [2.05, 4.69) is 6.92 Å². The highest BCUT2D eigenvalue weighted by molar-refractivity contribution is 5.92. The first-order valence-electron chi connectivity index (χ1n) is 10.9. The van der Waals surface area contributed by atoms with E-state index in [9.17, 15) is 14.4 Å². The van der Waals surface area contributed by atoms with E-state index in [1.165, 1.54) is 12.5 Å². The standard InChI is InChI=1S/C23H30O5/c1-13(24)27-11-20(26)18-4-3-16-15-10-21-19-9-14(25)5-8-23(19,12-28-21)17(15)6-7-22(16,18)2/h9,15-18,21H,3-8,10-12H2,1-2H3/t15?,16?,17?,18-,21?,22+,23+/m1/s1. The van der Waals surface area contributed by atoms with Gasteiger partial charge in [-0.3, -0.25) is 14.4 Å². The molecule has 7 atom stereocenters. The van der Waals surface area contributed by atoms with E-state index in [0.717, 1.165) is 45.1 Å². The number of ketones is 2. The van der Waals surface area contributed by atoms with Gasteiger partial charge in [0.25, 0.3) is 0 Å². The molecule has 5 nitrogen and oxygen atoms in total. The summed E-state index contributed by atoms with van der Waals surface area (Å²) in [5, 5.41) is 0.